The Morgan fingerprint density at radius 2 is 2.08 bits per heavy atom. The van der Waals surface area contributed by atoms with Gasteiger partial charge in [0.25, 0.3) is 0 Å². The van der Waals surface area contributed by atoms with Crippen LogP contribution in [0.1, 0.15) is 53.7 Å². The summed E-state index contributed by atoms with van der Waals surface area (Å²) in [7, 11) is -2.06. The first-order valence-electron chi connectivity index (χ1n) is 12.3. The lowest BCUT2D eigenvalue weighted by Gasteiger charge is -2.25. The number of hydrogen-bond acceptors (Lipinski definition) is 6. The van der Waals surface area contributed by atoms with Crippen molar-refractivity contribution < 1.29 is 17.6 Å². The van der Waals surface area contributed by atoms with Gasteiger partial charge in [0.05, 0.1) is 16.4 Å². The second-order valence-corrected chi connectivity index (χ2v) is 12.1. The molecule has 8 nitrogen and oxygen atoms in total. The van der Waals surface area contributed by atoms with Crippen molar-refractivity contribution in [3.8, 4) is 0 Å². The molecule has 1 aliphatic carbocycles. The molecule has 2 aromatic heterocycles. The Morgan fingerprint density at radius 1 is 1.24 bits per heavy atom. The number of nitrogens with one attached hydrogen (secondary N) is 1. The van der Waals surface area contributed by atoms with Crippen LogP contribution in [0.25, 0.3) is 0 Å². The Balaban J connectivity index is 1.44. The zero-order valence-corrected chi connectivity index (χ0v) is 22.7. The van der Waals surface area contributed by atoms with Crippen molar-refractivity contribution in [1.29, 1.82) is 0 Å². The fourth-order valence-corrected chi connectivity index (χ4v) is 6.70. The number of imidazole rings is 1. The third-order valence-corrected chi connectivity index (χ3v) is 9.27. The Morgan fingerprint density at radius 3 is 2.79 bits per heavy atom. The lowest BCUT2D eigenvalue weighted by atomic mass is 10.0. The summed E-state index contributed by atoms with van der Waals surface area (Å²) < 4.78 is 44.3. The number of sulfonamides is 1. The van der Waals surface area contributed by atoms with Gasteiger partial charge in [-0.2, -0.15) is 0 Å². The number of aryl methyl sites for hydroxylation is 2. The normalized spacial score (nSPS) is 15.8. The lowest BCUT2D eigenvalue weighted by Crippen LogP contribution is -2.32. The van der Waals surface area contributed by atoms with E-state index >= 15 is 0 Å². The number of rotatable bonds is 9. The Hall–Kier alpha value is -3.41. The molecular formula is C27H28FN5O3S2. The maximum Gasteiger partial charge on any atom is 0.241 e. The van der Waals surface area contributed by atoms with Gasteiger partial charge < -0.3 is 9.47 Å². The number of nitrogens with zero attached hydrogens (tertiary/aromatic N) is 4. The molecule has 198 valence electrons. The van der Waals surface area contributed by atoms with Gasteiger partial charge in [-0.05, 0) is 54.3 Å². The highest BCUT2D eigenvalue weighted by Crippen LogP contribution is 2.36. The van der Waals surface area contributed by atoms with Gasteiger partial charge in [0.1, 0.15) is 11.6 Å². The van der Waals surface area contributed by atoms with Gasteiger partial charge in [-0.3, -0.25) is 4.79 Å². The minimum absolute atomic E-state index is 0.0494. The van der Waals surface area contributed by atoms with E-state index in [4.69, 9.17) is 0 Å². The van der Waals surface area contributed by atoms with E-state index in [1.165, 1.54) is 29.5 Å². The average Bonchev–Trinajstić information content (AvgIpc) is 3.64. The smallest absolute Gasteiger partial charge is 0.241 e. The molecule has 2 aromatic carbocycles. The second kappa shape index (κ2) is 10.8. The van der Waals surface area contributed by atoms with Crippen LogP contribution in [-0.4, -0.2) is 28.9 Å². The largest absolute Gasteiger partial charge is 0.337 e. The third-order valence-electron chi connectivity index (χ3n) is 6.80. The van der Waals surface area contributed by atoms with Crippen molar-refractivity contribution >= 4 is 33.0 Å². The van der Waals surface area contributed by atoms with Gasteiger partial charge in [0.15, 0.2) is 0 Å². The van der Waals surface area contributed by atoms with Crippen molar-refractivity contribution in [1.82, 2.24) is 19.3 Å². The number of halogens is 1. The van der Waals surface area contributed by atoms with Gasteiger partial charge in [-0.15, -0.1) is 11.3 Å². The van der Waals surface area contributed by atoms with E-state index in [0.717, 1.165) is 28.0 Å². The second-order valence-electron chi connectivity index (χ2n) is 9.46. The van der Waals surface area contributed by atoms with E-state index in [-0.39, 0.29) is 29.7 Å². The average molecular weight is 554 g/mol. The molecule has 0 saturated heterocycles. The van der Waals surface area contributed by atoms with Crippen LogP contribution >= 0.6 is 11.3 Å². The molecule has 4 aromatic rings. The predicted octanol–water partition coefficient (Wildman–Crippen LogP) is 4.71. The number of carbonyl (C=O) groups excluding carboxylic acids is 1. The number of amides is 1. The van der Waals surface area contributed by atoms with Crippen molar-refractivity contribution in [2.45, 2.75) is 49.6 Å². The quantitative estimate of drug-likeness (QED) is 0.324. The zero-order chi connectivity index (χ0) is 26.9. The summed E-state index contributed by atoms with van der Waals surface area (Å²) in [4.78, 5) is 24.0. The van der Waals surface area contributed by atoms with Crippen LogP contribution in [-0.2, 0) is 34.8 Å². The summed E-state index contributed by atoms with van der Waals surface area (Å²) in [6, 6.07) is 10.2. The highest BCUT2D eigenvalue weighted by atomic mass is 32.2. The highest BCUT2D eigenvalue weighted by Gasteiger charge is 2.30. The van der Waals surface area contributed by atoms with E-state index < -0.39 is 21.9 Å². The van der Waals surface area contributed by atoms with Crippen LogP contribution in [0.5, 0.6) is 0 Å². The summed E-state index contributed by atoms with van der Waals surface area (Å²) in [5, 5.41) is 2.80. The SMILES string of the molecule is C[C@@H](CC(=O)N(Cc1nccn1C)c1ccc2c(c1)[C@@H](NS(=O)(=O)c1cccc(F)c1)CC2)c1nccs1. The standard InChI is InChI=1S/C27H28FN5O3S2/c1-18(27-30-11-13-37-27)14-26(34)33(17-25-29-10-12-32(25)2)21-8-6-19-7-9-24(23(19)16-21)31-38(35,36)22-5-3-4-20(28)15-22/h3-6,8,10-13,15-16,18,24,31H,7,9,14,17H2,1-2H3/t18-,24-/m0/s1. The van der Waals surface area contributed by atoms with Crippen LogP contribution in [0.2, 0.25) is 0 Å². The van der Waals surface area contributed by atoms with Crippen molar-refractivity contribution in [3.05, 3.63) is 94.2 Å². The molecule has 0 spiro atoms. The molecule has 0 saturated carbocycles. The zero-order valence-electron chi connectivity index (χ0n) is 21.0. The van der Waals surface area contributed by atoms with Crippen LogP contribution < -0.4 is 9.62 Å². The minimum Gasteiger partial charge on any atom is -0.337 e. The number of fused-ring (bicyclic) bond motifs is 1. The van der Waals surface area contributed by atoms with Gasteiger partial charge in [-0.1, -0.05) is 19.1 Å². The molecule has 1 aliphatic rings. The topological polar surface area (TPSA) is 97.2 Å². The Kier molecular flexibility index (Phi) is 7.42. The molecule has 5 rings (SSSR count). The van der Waals surface area contributed by atoms with Gasteiger partial charge in [-0.25, -0.2) is 27.5 Å². The molecule has 1 amide bonds. The minimum atomic E-state index is -3.94. The molecule has 0 unspecified atom stereocenters. The summed E-state index contributed by atoms with van der Waals surface area (Å²) in [5.41, 5.74) is 2.49. The summed E-state index contributed by atoms with van der Waals surface area (Å²) in [6.45, 7) is 2.25. The Bertz CT molecular complexity index is 1550. The number of benzene rings is 2. The molecule has 0 radical (unpaired) electrons. The third kappa shape index (κ3) is 5.54. The van der Waals surface area contributed by atoms with Gasteiger partial charge >= 0.3 is 0 Å². The fourth-order valence-electron chi connectivity index (χ4n) is 4.72. The summed E-state index contributed by atoms with van der Waals surface area (Å²) >= 11 is 1.52. The van der Waals surface area contributed by atoms with Crippen LogP contribution in [0.3, 0.4) is 0 Å². The predicted molar refractivity (Wildman–Crippen MR) is 144 cm³/mol. The first-order valence-corrected chi connectivity index (χ1v) is 14.6. The van der Waals surface area contributed by atoms with E-state index in [0.29, 0.717) is 18.5 Å². The monoisotopic (exact) mass is 553 g/mol. The van der Waals surface area contributed by atoms with Crippen LogP contribution in [0.4, 0.5) is 10.1 Å². The molecule has 11 heteroatoms. The summed E-state index contributed by atoms with van der Waals surface area (Å²) in [6.07, 6.45) is 6.79. The fraction of sp³-hybridized carbons (Fsp3) is 0.296. The molecule has 2 heterocycles. The van der Waals surface area contributed by atoms with Crippen molar-refractivity contribution in [3.63, 3.8) is 0 Å². The molecule has 38 heavy (non-hydrogen) atoms. The van der Waals surface area contributed by atoms with E-state index in [2.05, 4.69) is 14.7 Å². The highest BCUT2D eigenvalue weighted by molar-refractivity contribution is 7.89. The maximum atomic E-state index is 13.7. The first-order chi connectivity index (χ1) is 18.2. The number of anilines is 1. The molecule has 0 fully saturated rings. The number of thiazole rings is 1. The number of aromatic nitrogens is 3. The molecular weight excluding hydrogens is 525 g/mol. The van der Waals surface area contributed by atoms with Gasteiger partial charge in [0.2, 0.25) is 15.9 Å². The maximum absolute atomic E-state index is 13.7. The van der Waals surface area contributed by atoms with Crippen molar-refractivity contribution in [2.75, 3.05) is 4.90 Å². The van der Waals surface area contributed by atoms with Gasteiger partial charge in [0, 0.05) is 55.1 Å². The van der Waals surface area contributed by atoms with Crippen molar-refractivity contribution in [2.24, 2.45) is 7.05 Å². The molecule has 0 aliphatic heterocycles. The molecule has 0 bridgehead atoms. The van der Waals surface area contributed by atoms with E-state index in [1.54, 1.807) is 17.3 Å². The van der Waals surface area contributed by atoms with E-state index in [9.17, 15) is 17.6 Å². The van der Waals surface area contributed by atoms with E-state index in [1.807, 2.05) is 48.3 Å². The Labute approximate surface area is 225 Å². The molecule has 1 N–H and O–H groups in total. The van der Waals surface area contributed by atoms with Crippen LogP contribution in [0.15, 0.2) is 71.3 Å². The van der Waals surface area contributed by atoms with Crippen LogP contribution in [0, 0.1) is 5.82 Å². The number of carbonyl (C=O) groups is 1. The first kappa shape index (κ1) is 26.2. The summed E-state index contributed by atoms with van der Waals surface area (Å²) in [5.74, 6) is -0.0151. The number of hydrogen-bond donors (Lipinski definition) is 1. The lowest BCUT2D eigenvalue weighted by molar-refractivity contribution is -0.119. The molecule has 2 atom stereocenters.